The van der Waals surface area contributed by atoms with E-state index in [1.54, 1.807) is 0 Å². The summed E-state index contributed by atoms with van der Waals surface area (Å²) in [6.45, 7) is 3.56. The van der Waals surface area contributed by atoms with Gasteiger partial charge >= 0.3 is 0 Å². The molecule has 7 nitrogen and oxygen atoms in total. The zero-order valence-electron chi connectivity index (χ0n) is 18.3. The zero-order chi connectivity index (χ0) is 22.3. The maximum atomic E-state index is 13.2. The second kappa shape index (κ2) is 8.08. The quantitative estimate of drug-likeness (QED) is 0.643. The molecule has 1 N–H and O–H groups in total. The summed E-state index contributed by atoms with van der Waals surface area (Å²) in [4.78, 5) is 20.3. The summed E-state index contributed by atoms with van der Waals surface area (Å²) in [5, 5.41) is 3.04. The number of carbonyl (C=O) groups is 1. The molecule has 168 valence electrons. The number of anilines is 2. The van der Waals surface area contributed by atoms with Gasteiger partial charge in [-0.2, -0.15) is 0 Å². The van der Waals surface area contributed by atoms with Crippen molar-refractivity contribution in [2.75, 3.05) is 43.3 Å². The Kier molecular flexibility index (Phi) is 4.91. The molecule has 1 aliphatic carbocycles. The minimum Gasteiger partial charge on any atom is -0.454 e. The van der Waals surface area contributed by atoms with Gasteiger partial charge in [-0.15, -0.1) is 0 Å². The molecule has 7 heteroatoms. The highest BCUT2D eigenvalue weighted by molar-refractivity contribution is 6.01. The van der Waals surface area contributed by atoms with Crippen LogP contribution in [0.25, 0.3) is 11.3 Å². The van der Waals surface area contributed by atoms with Gasteiger partial charge in [0.15, 0.2) is 11.5 Å². The Morgan fingerprint density at radius 3 is 2.52 bits per heavy atom. The van der Waals surface area contributed by atoms with Gasteiger partial charge in [-0.05, 0) is 54.8 Å². The first kappa shape index (κ1) is 20.1. The summed E-state index contributed by atoms with van der Waals surface area (Å²) in [6.07, 6.45) is 1.61. The molecule has 3 aliphatic rings. The normalized spacial score (nSPS) is 18.1. The van der Waals surface area contributed by atoms with Crippen molar-refractivity contribution in [1.29, 1.82) is 0 Å². The minimum absolute atomic E-state index is 0.0336. The van der Waals surface area contributed by atoms with Crippen LogP contribution < -0.4 is 19.7 Å². The van der Waals surface area contributed by atoms with E-state index in [0.29, 0.717) is 11.6 Å². The van der Waals surface area contributed by atoms with Crippen molar-refractivity contribution in [2.24, 2.45) is 0 Å². The molecule has 1 amide bonds. The smallest absolute Gasteiger partial charge is 0.236 e. The van der Waals surface area contributed by atoms with Gasteiger partial charge in [0.1, 0.15) is 5.82 Å². The number of nitrogens with zero attached hydrogens (tertiary/aromatic N) is 2. The Bertz CT molecular complexity index is 1180. The number of pyridine rings is 1. The van der Waals surface area contributed by atoms with E-state index < -0.39 is 5.41 Å². The van der Waals surface area contributed by atoms with E-state index in [-0.39, 0.29) is 12.7 Å². The zero-order valence-corrected chi connectivity index (χ0v) is 18.3. The number of fused-ring (bicyclic) bond motifs is 1. The van der Waals surface area contributed by atoms with Gasteiger partial charge in [-0.1, -0.05) is 24.3 Å². The first-order chi connectivity index (χ1) is 16.2. The van der Waals surface area contributed by atoms with Crippen LogP contribution in [0.3, 0.4) is 0 Å². The lowest BCUT2D eigenvalue weighted by atomic mass is 9.94. The number of rotatable bonds is 5. The van der Waals surface area contributed by atoms with Crippen molar-refractivity contribution >= 4 is 17.4 Å². The first-order valence-electron chi connectivity index (χ1n) is 11.3. The number of amides is 1. The van der Waals surface area contributed by atoms with E-state index in [1.165, 1.54) is 5.69 Å². The van der Waals surface area contributed by atoms with E-state index in [0.717, 1.165) is 61.7 Å². The molecule has 1 saturated heterocycles. The topological polar surface area (TPSA) is 72.9 Å². The van der Waals surface area contributed by atoms with Crippen LogP contribution in [0.5, 0.6) is 11.5 Å². The molecule has 0 unspecified atom stereocenters. The monoisotopic (exact) mass is 443 g/mol. The standard InChI is InChI=1S/C26H25N3O4/c30-25(26(10-11-26)19-6-9-22-23(16-19)33-17-32-22)28-24-3-1-2-21(27-24)18-4-7-20(8-5-18)29-12-14-31-15-13-29/h1-9,16H,10-15,17H2,(H,27,28,30). The average molecular weight is 444 g/mol. The van der Waals surface area contributed by atoms with Crippen molar-refractivity contribution in [3.63, 3.8) is 0 Å². The van der Waals surface area contributed by atoms with E-state index in [9.17, 15) is 4.79 Å². The van der Waals surface area contributed by atoms with Crippen molar-refractivity contribution in [2.45, 2.75) is 18.3 Å². The SMILES string of the molecule is O=C(Nc1cccc(-c2ccc(N3CCOCC3)cc2)n1)C1(c2ccc3c(c2)OCO3)CC1. The van der Waals surface area contributed by atoms with E-state index >= 15 is 0 Å². The molecule has 2 aliphatic heterocycles. The Labute approximate surface area is 192 Å². The van der Waals surface area contributed by atoms with Gasteiger partial charge < -0.3 is 24.4 Å². The fraction of sp³-hybridized carbons (Fsp3) is 0.308. The van der Waals surface area contributed by atoms with Gasteiger partial charge in [-0.25, -0.2) is 4.98 Å². The highest BCUT2D eigenvalue weighted by Gasteiger charge is 2.51. The number of benzene rings is 2. The number of nitrogens with one attached hydrogen (secondary N) is 1. The lowest BCUT2D eigenvalue weighted by Crippen LogP contribution is -2.36. The largest absolute Gasteiger partial charge is 0.454 e. The number of morpholine rings is 1. The van der Waals surface area contributed by atoms with Crippen LogP contribution in [0.2, 0.25) is 0 Å². The van der Waals surface area contributed by atoms with Crippen molar-refractivity contribution in [1.82, 2.24) is 4.98 Å². The highest BCUT2D eigenvalue weighted by atomic mass is 16.7. The van der Waals surface area contributed by atoms with E-state index in [4.69, 9.17) is 19.2 Å². The summed E-state index contributed by atoms with van der Waals surface area (Å²) in [7, 11) is 0. The Morgan fingerprint density at radius 2 is 1.73 bits per heavy atom. The molecule has 0 spiro atoms. The lowest BCUT2D eigenvalue weighted by Gasteiger charge is -2.28. The molecule has 33 heavy (non-hydrogen) atoms. The summed E-state index contributed by atoms with van der Waals surface area (Å²) in [5.74, 6) is 1.95. The molecule has 0 atom stereocenters. The van der Waals surface area contributed by atoms with Gasteiger partial charge in [0.25, 0.3) is 0 Å². The van der Waals surface area contributed by atoms with Crippen molar-refractivity contribution < 1.29 is 19.0 Å². The van der Waals surface area contributed by atoms with Crippen LogP contribution in [0.4, 0.5) is 11.5 Å². The molecular formula is C26H25N3O4. The van der Waals surface area contributed by atoms with Crippen molar-refractivity contribution in [3.05, 3.63) is 66.2 Å². The number of ether oxygens (including phenoxy) is 3. The van der Waals surface area contributed by atoms with Crippen LogP contribution in [0, 0.1) is 0 Å². The third-order valence-electron chi connectivity index (χ3n) is 6.64. The highest BCUT2D eigenvalue weighted by Crippen LogP contribution is 2.51. The molecule has 0 bridgehead atoms. The predicted molar refractivity (Wildman–Crippen MR) is 125 cm³/mol. The van der Waals surface area contributed by atoms with Gasteiger partial charge in [0.05, 0.1) is 24.3 Å². The number of aromatic nitrogens is 1. The van der Waals surface area contributed by atoms with E-state index in [1.807, 2.05) is 36.4 Å². The molecule has 3 heterocycles. The molecule has 1 saturated carbocycles. The summed E-state index contributed by atoms with van der Waals surface area (Å²) >= 11 is 0. The fourth-order valence-electron chi connectivity index (χ4n) is 4.53. The maximum Gasteiger partial charge on any atom is 0.236 e. The third-order valence-corrected chi connectivity index (χ3v) is 6.64. The third kappa shape index (κ3) is 3.78. The first-order valence-corrected chi connectivity index (χ1v) is 11.3. The summed E-state index contributed by atoms with van der Waals surface area (Å²) in [5.41, 5.74) is 3.46. The van der Waals surface area contributed by atoms with Crippen LogP contribution in [0.15, 0.2) is 60.7 Å². The van der Waals surface area contributed by atoms with Crippen LogP contribution >= 0.6 is 0 Å². The summed E-state index contributed by atoms with van der Waals surface area (Å²) in [6, 6.07) is 19.9. The van der Waals surface area contributed by atoms with Gasteiger partial charge in [-0.3, -0.25) is 4.79 Å². The average Bonchev–Trinajstić information content (AvgIpc) is 3.56. The molecular weight excluding hydrogens is 418 g/mol. The van der Waals surface area contributed by atoms with Crippen LogP contribution in [-0.4, -0.2) is 44.0 Å². The van der Waals surface area contributed by atoms with Crippen molar-refractivity contribution in [3.8, 4) is 22.8 Å². The number of hydrogen-bond donors (Lipinski definition) is 1. The molecule has 2 fully saturated rings. The molecule has 2 aromatic carbocycles. The Balaban J connectivity index is 1.18. The Morgan fingerprint density at radius 1 is 0.939 bits per heavy atom. The number of carbonyl (C=O) groups excluding carboxylic acids is 1. The maximum absolute atomic E-state index is 13.2. The Hall–Kier alpha value is -3.58. The van der Waals surface area contributed by atoms with Gasteiger partial charge in [0, 0.05) is 24.3 Å². The van der Waals surface area contributed by atoms with Crippen LogP contribution in [-0.2, 0) is 14.9 Å². The molecule has 3 aromatic rings. The summed E-state index contributed by atoms with van der Waals surface area (Å²) < 4.78 is 16.3. The molecule has 0 radical (unpaired) electrons. The molecule has 1 aromatic heterocycles. The second-order valence-corrected chi connectivity index (χ2v) is 8.66. The second-order valence-electron chi connectivity index (χ2n) is 8.66. The van der Waals surface area contributed by atoms with E-state index in [2.05, 4.69) is 34.5 Å². The predicted octanol–water partition coefficient (Wildman–Crippen LogP) is 3.98. The minimum atomic E-state index is -0.529. The lowest BCUT2D eigenvalue weighted by molar-refractivity contribution is -0.118. The molecule has 6 rings (SSSR count). The van der Waals surface area contributed by atoms with Gasteiger partial charge in [0.2, 0.25) is 12.7 Å². The fourth-order valence-corrected chi connectivity index (χ4v) is 4.53. The number of hydrogen-bond acceptors (Lipinski definition) is 6. The van der Waals surface area contributed by atoms with Crippen LogP contribution in [0.1, 0.15) is 18.4 Å².